The minimum absolute atomic E-state index is 0.212. The van der Waals surface area contributed by atoms with Crippen LogP contribution in [-0.2, 0) is 0 Å². The van der Waals surface area contributed by atoms with Crippen LogP contribution < -0.4 is 15.4 Å². The van der Waals surface area contributed by atoms with E-state index in [2.05, 4.69) is 10.6 Å². The summed E-state index contributed by atoms with van der Waals surface area (Å²) in [4.78, 5) is 12.0. The largest absolute Gasteiger partial charge is 0.492 e. The van der Waals surface area contributed by atoms with Gasteiger partial charge in [-0.25, -0.2) is 9.18 Å². The molecule has 0 bridgehead atoms. The summed E-state index contributed by atoms with van der Waals surface area (Å²) in [6.45, 7) is 2.37. The molecule has 0 saturated heterocycles. The van der Waals surface area contributed by atoms with Crippen molar-refractivity contribution in [1.29, 1.82) is 0 Å². The molecule has 0 heterocycles. The van der Waals surface area contributed by atoms with Crippen molar-refractivity contribution >= 4 is 11.7 Å². The zero-order chi connectivity index (χ0) is 16.0. The quantitative estimate of drug-likeness (QED) is 0.783. The van der Waals surface area contributed by atoms with Crippen LogP contribution in [0.2, 0.25) is 0 Å². The van der Waals surface area contributed by atoms with Gasteiger partial charge in [-0.2, -0.15) is 0 Å². The smallest absolute Gasteiger partial charge is 0.319 e. The number of ether oxygens (including phenoxy) is 1. The number of amides is 2. The summed E-state index contributed by atoms with van der Waals surface area (Å²) in [6, 6.07) is 3.50. The number of anilines is 1. The highest BCUT2D eigenvalue weighted by atomic mass is 19.1. The Kier molecular flexibility index (Phi) is 5.60. The number of halogens is 1. The summed E-state index contributed by atoms with van der Waals surface area (Å²) in [7, 11) is 0. The first kappa shape index (κ1) is 16.5. The summed E-state index contributed by atoms with van der Waals surface area (Å²) in [5.41, 5.74) is -0.419. The molecule has 2 amide bonds. The lowest BCUT2D eigenvalue weighted by Gasteiger charge is -2.32. The summed E-state index contributed by atoms with van der Waals surface area (Å²) in [5.74, 6) is -0.139. The van der Waals surface area contributed by atoms with E-state index in [1.165, 1.54) is 18.2 Å². The highest BCUT2D eigenvalue weighted by Crippen LogP contribution is 2.28. The summed E-state index contributed by atoms with van der Waals surface area (Å²) in [6.07, 6.45) is 4.49. The second-order valence-electron chi connectivity index (χ2n) is 5.67. The molecular formula is C16H23FN2O3. The normalized spacial score (nSPS) is 16.9. The van der Waals surface area contributed by atoms with Crippen molar-refractivity contribution < 1.29 is 19.0 Å². The molecule has 3 N–H and O–H groups in total. The van der Waals surface area contributed by atoms with E-state index in [0.29, 0.717) is 25.1 Å². The van der Waals surface area contributed by atoms with Crippen LogP contribution >= 0.6 is 0 Å². The highest BCUT2D eigenvalue weighted by Gasteiger charge is 2.29. The molecule has 0 aliphatic heterocycles. The third-order valence-corrected chi connectivity index (χ3v) is 3.85. The molecule has 1 aromatic rings. The Morgan fingerprint density at radius 1 is 1.36 bits per heavy atom. The number of urea groups is 1. The van der Waals surface area contributed by atoms with Gasteiger partial charge in [0.15, 0.2) is 0 Å². The predicted octanol–water partition coefficient (Wildman–Crippen LogP) is 3.04. The lowest BCUT2D eigenvalue weighted by atomic mass is 9.85. The maximum Gasteiger partial charge on any atom is 0.319 e. The molecule has 22 heavy (non-hydrogen) atoms. The Morgan fingerprint density at radius 3 is 2.77 bits per heavy atom. The van der Waals surface area contributed by atoms with Gasteiger partial charge in [0.05, 0.1) is 17.9 Å². The molecule has 1 aromatic carbocycles. The average Bonchev–Trinajstić information content (AvgIpc) is 2.49. The van der Waals surface area contributed by atoms with E-state index in [-0.39, 0.29) is 12.3 Å². The van der Waals surface area contributed by atoms with E-state index in [0.717, 1.165) is 19.3 Å². The number of hydrogen-bond donors (Lipinski definition) is 3. The van der Waals surface area contributed by atoms with Gasteiger partial charge in [0, 0.05) is 12.6 Å². The van der Waals surface area contributed by atoms with Crippen LogP contribution in [0.15, 0.2) is 18.2 Å². The van der Waals surface area contributed by atoms with Crippen LogP contribution in [0.1, 0.15) is 39.0 Å². The van der Waals surface area contributed by atoms with Gasteiger partial charge < -0.3 is 20.5 Å². The van der Waals surface area contributed by atoms with Gasteiger partial charge in [-0.1, -0.05) is 19.3 Å². The maximum atomic E-state index is 13.2. The Balaban J connectivity index is 1.91. The van der Waals surface area contributed by atoms with Crippen LogP contribution in [0, 0.1) is 5.82 Å². The predicted molar refractivity (Wildman–Crippen MR) is 82.6 cm³/mol. The second-order valence-corrected chi connectivity index (χ2v) is 5.67. The van der Waals surface area contributed by atoms with Crippen molar-refractivity contribution in [1.82, 2.24) is 5.32 Å². The zero-order valence-electron chi connectivity index (χ0n) is 12.8. The van der Waals surface area contributed by atoms with Gasteiger partial charge >= 0.3 is 6.03 Å². The van der Waals surface area contributed by atoms with E-state index < -0.39 is 17.4 Å². The molecule has 0 radical (unpaired) electrons. The van der Waals surface area contributed by atoms with Crippen molar-refractivity contribution in [2.45, 2.75) is 44.6 Å². The molecule has 0 unspecified atom stereocenters. The van der Waals surface area contributed by atoms with Crippen molar-refractivity contribution in [3.05, 3.63) is 24.0 Å². The highest BCUT2D eigenvalue weighted by molar-refractivity contribution is 5.90. The Morgan fingerprint density at radius 2 is 2.09 bits per heavy atom. The molecule has 122 valence electrons. The van der Waals surface area contributed by atoms with Crippen LogP contribution in [0.5, 0.6) is 5.75 Å². The van der Waals surface area contributed by atoms with E-state index in [9.17, 15) is 14.3 Å². The molecule has 5 nitrogen and oxygen atoms in total. The van der Waals surface area contributed by atoms with Crippen molar-refractivity contribution in [3.8, 4) is 5.75 Å². The summed E-state index contributed by atoms with van der Waals surface area (Å²) in [5, 5.41) is 15.6. The van der Waals surface area contributed by atoms with E-state index in [4.69, 9.17) is 4.74 Å². The van der Waals surface area contributed by atoms with E-state index in [1.54, 1.807) is 6.92 Å². The SMILES string of the molecule is CCOc1cc(F)ccc1NC(=O)NCC1(O)CCCCC1. The zero-order valence-corrected chi connectivity index (χ0v) is 12.8. The molecule has 6 heteroatoms. The van der Waals surface area contributed by atoms with Crippen LogP contribution in [0.3, 0.4) is 0 Å². The van der Waals surface area contributed by atoms with Gasteiger partial charge in [0.1, 0.15) is 11.6 Å². The lowest BCUT2D eigenvalue weighted by molar-refractivity contribution is 0.00755. The maximum absolute atomic E-state index is 13.2. The van der Waals surface area contributed by atoms with Gasteiger partial charge in [0.25, 0.3) is 0 Å². The first-order valence-electron chi connectivity index (χ1n) is 7.72. The minimum atomic E-state index is -0.818. The van der Waals surface area contributed by atoms with Crippen molar-refractivity contribution in [3.63, 3.8) is 0 Å². The standard InChI is InChI=1S/C16H23FN2O3/c1-2-22-14-10-12(17)6-7-13(14)19-15(20)18-11-16(21)8-4-3-5-9-16/h6-7,10,21H,2-5,8-9,11H2,1H3,(H2,18,19,20). The van der Waals surface area contributed by atoms with E-state index in [1.807, 2.05) is 0 Å². The Hall–Kier alpha value is -1.82. The Bertz CT molecular complexity index is 516. The number of rotatable bonds is 5. The number of hydrogen-bond acceptors (Lipinski definition) is 3. The molecule has 1 aliphatic rings. The van der Waals surface area contributed by atoms with Gasteiger partial charge in [-0.05, 0) is 31.9 Å². The monoisotopic (exact) mass is 310 g/mol. The third kappa shape index (κ3) is 4.59. The lowest BCUT2D eigenvalue weighted by Crippen LogP contribution is -2.45. The summed E-state index contributed by atoms with van der Waals surface area (Å²) >= 11 is 0. The number of carbonyl (C=O) groups excluding carboxylic acids is 1. The van der Waals surface area contributed by atoms with Crippen molar-refractivity contribution in [2.75, 3.05) is 18.5 Å². The second kappa shape index (κ2) is 7.45. The van der Waals surface area contributed by atoms with E-state index >= 15 is 0 Å². The minimum Gasteiger partial charge on any atom is -0.492 e. The fourth-order valence-corrected chi connectivity index (χ4v) is 2.67. The van der Waals surface area contributed by atoms with Crippen LogP contribution in [0.4, 0.5) is 14.9 Å². The number of carbonyl (C=O) groups is 1. The van der Waals surface area contributed by atoms with Crippen LogP contribution in [0.25, 0.3) is 0 Å². The Labute approximate surface area is 129 Å². The van der Waals surface area contributed by atoms with Crippen LogP contribution in [-0.4, -0.2) is 29.9 Å². The first-order chi connectivity index (χ1) is 10.5. The molecule has 1 fully saturated rings. The van der Waals surface area contributed by atoms with Gasteiger partial charge in [-0.15, -0.1) is 0 Å². The molecule has 2 rings (SSSR count). The molecule has 1 saturated carbocycles. The fourth-order valence-electron chi connectivity index (χ4n) is 2.67. The molecular weight excluding hydrogens is 287 g/mol. The first-order valence-corrected chi connectivity index (χ1v) is 7.72. The number of aliphatic hydroxyl groups is 1. The van der Waals surface area contributed by atoms with Crippen molar-refractivity contribution in [2.24, 2.45) is 0 Å². The third-order valence-electron chi connectivity index (χ3n) is 3.85. The number of benzene rings is 1. The molecule has 0 atom stereocenters. The van der Waals surface area contributed by atoms with Gasteiger partial charge in [-0.3, -0.25) is 0 Å². The van der Waals surface area contributed by atoms with Gasteiger partial charge in [0.2, 0.25) is 0 Å². The summed E-state index contributed by atoms with van der Waals surface area (Å²) < 4.78 is 18.5. The molecule has 0 aromatic heterocycles. The molecule has 1 aliphatic carbocycles. The molecule has 0 spiro atoms. The average molecular weight is 310 g/mol. The topological polar surface area (TPSA) is 70.6 Å². The number of nitrogens with one attached hydrogen (secondary N) is 2. The fraction of sp³-hybridized carbons (Fsp3) is 0.562.